The fraction of sp³-hybridized carbons (Fsp3) is 1.00. The summed E-state index contributed by atoms with van der Waals surface area (Å²) in [5.41, 5.74) is 6.31. The Labute approximate surface area is 87.8 Å². The first-order valence-electron chi connectivity index (χ1n) is 6.08. The molecule has 2 N–H and O–H groups in total. The molecular weight excluding hydrogens is 172 g/mol. The maximum Gasteiger partial charge on any atom is -0.00158 e. The highest BCUT2D eigenvalue weighted by molar-refractivity contribution is 5.05. The first kappa shape index (κ1) is 10.4. The summed E-state index contributed by atoms with van der Waals surface area (Å²) >= 11 is 0. The van der Waals surface area contributed by atoms with Gasteiger partial charge < -0.3 is 10.6 Å². The minimum Gasteiger partial charge on any atom is -0.330 e. The van der Waals surface area contributed by atoms with Gasteiger partial charge in [0.15, 0.2) is 0 Å². The van der Waals surface area contributed by atoms with Crippen LogP contribution in [0.15, 0.2) is 0 Å². The summed E-state index contributed by atoms with van der Waals surface area (Å²) in [7, 11) is 0. The van der Waals surface area contributed by atoms with E-state index in [4.69, 9.17) is 5.73 Å². The molecule has 0 unspecified atom stereocenters. The van der Waals surface area contributed by atoms with Gasteiger partial charge in [-0.05, 0) is 62.7 Å². The van der Waals surface area contributed by atoms with Crippen LogP contribution in [0.3, 0.4) is 0 Å². The van der Waals surface area contributed by atoms with Gasteiger partial charge in [-0.25, -0.2) is 0 Å². The molecule has 0 bridgehead atoms. The van der Waals surface area contributed by atoms with Crippen LogP contribution in [0.1, 0.15) is 33.1 Å². The van der Waals surface area contributed by atoms with Crippen molar-refractivity contribution in [1.29, 1.82) is 0 Å². The monoisotopic (exact) mass is 196 g/mol. The second-order valence-electron chi connectivity index (χ2n) is 5.61. The first-order chi connectivity index (χ1) is 6.66. The summed E-state index contributed by atoms with van der Waals surface area (Å²) in [4.78, 5) is 2.61. The second kappa shape index (κ2) is 3.82. The number of rotatable bonds is 4. The lowest BCUT2D eigenvalue weighted by molar-refractivity contribution is 0.316. The molecule has 2 fully saturated rings. The SMILES string of the molecule is CC1(C)[C@H](CN)[C@H]1CCN1CCCC1. The van der Waals surface area contributed by atoms with E-state index in [0.29, 0.717) is 5.41 Å². The highest BCUT2D eigenvalue weighted by Crippen LogP contribution is 2.59. The normalized spacial score (nSPS) is 36.2. The first-order valence-corrected chi connectivity index (χ1v) is 6.08. The number of nitrogens with two attached hydrogens (primary N) is 1. The average molecular weight is 196 g/mol. The van der Waals surface area contributed by atoms with Gasteiger partial charge in [0.2, 0.25) is 0 Å². The van der Waals surface area contributed by atoms with Gasteiger partial charge in [-0.15, -0.1) is 0 Å². The van der Waals surface area contributed by atoms with Crippen molar-refractivity contribution in [2.45, 2.75) is 33.1 Å². The summed E-state index contributed by atoms with van der Waals surface area (Å²) in [6, 6.07) is 0. The minimum atomic E-state index is 0.536. The van der Waals surface area contributed by atoms with Gasteiger partial charge in [0.25, 0.3) is 0 Å². The van der Waals surface area contributed by atoms with Crippen LogP contribution in [-0.4, -0.2) is 31.1 Å². The molecule has 0 amide bonds. The lowest BCUT2D eigenvalue weighted by Crippen LogP contribution is -2.21. The van der Waals surface area contributed by atoms with Crippen LogP contribution in [0, 0.1) is 17.3 Å². The van der Waals surface area contributed by atoms with Gasteiger partial charge in [0, 0.05) is 0 Å². The molecule has 2 heteroatoms. The van der Waals surface area contributed by atoms with E-state index >= 15 is 0 Å². The predicted molar refractivity (Wildman–Crippen MR) is 60.1 cm³/mol. The van der Waals surface area contributed by atoms with Crippen LogP contribution in [-0.2, 0) is 0 Å². The number of likely N-dealkylation sites (tertiary alicyclic amines) is 1. The molecule has 14 heavy (non-hydrogen) atoms. The van der Waals surface area contributed by atoms with Crippen molar-refractivity contribution in [3.8, 4) is 0 Å². The van der Waals surface area contributed by atoms with E-state index in [1.54, 1.807) is 0 Å². The Kier molecular flexibility index (Phi) is 2.85. The van der Waals surface area contributed by atoms with Gasteiger partial charge in [0.05, 0.1) is 0 Å². The molecule has 0 radical (unpaired) electrons. The Morgan fingerprint density at radius 2 is 1.86 bits per heavy atom. The molecule has 2 atom stereocenters. The second-order valence-corrected chi connectivity index (χ2v) is 5.61. The molecule has 1 heterocycles. The van der Waals surface area contributed by atoms with Crippen LogP contribution < -0.4 is 5.73 Å². The van der Waals surface area contributed by atoms with Crippen LogP contribution in [0.25, 0.3) is 0 Å². The fourth-order valence-electron chi connectivity index (χ4n) is 3.23. The van der Waals surface area contributed by atoms with Crippen molar-refractivity contribution in [3.05, 3.63) is 0 Å². The molecular formula is C12H24N2. The molecule has 2 aliphatic rings. The smallest absolute Gasteiger partial charge is 0.00158 e. The van der Waals surface area contributed by atoms with Crippen molar-refractivity contribution in [3.63, 3.8) is 0 Å². The quantitative estimate of drug-likeness (QED) is 0.741. The van der Waals surface area contributed by atoms with E-state index < -0.39 is 0 Å². The maximum atomic E-state index is 5.77. The summed E-state index contributed by atoms with van der Waals surface area (Å²) in [6.45, 7) is 9.61. The molecule has 2 rings (SSSR count). The lowest BCUT2D eigenvalue weighted by Gasteiger charge is -2.14. The molecule has 0 aromatic heterocycles. The van der Waals surface area contributed by atoms with E-state index in [9.17, 15) is 0 Å². The Morgan fingerprint density at radius 3 is 2.36 bits per heavy atom. The van der Waals surface area contributed by atoms with Gasteiger partial charge in [0.1, 0.15) is 0 Å². The largest absolute Gasteiger partial charge is 0.330 e. The molecule has 2 nitrogen and oxygen atoms in total. The summed E-state index contributed by atoms with van der Waals surface area (Å²) < 4.78 is 0. The van der Waals surface area contributed by atoms with Crippen molar-refractivity contribution in [2.75, 3.05) is 26.2 Å². The van der Waals surface area contributed by atoms with Gasteiger partial charge in [-0.3, -0.25) is 0 Å². The molecule has 82 valence electrons. The van der Waals surface area contributed by atoms with E-state index in [0.717, 1.165) is 18.4 Å². The van der Waals surface area contributed by atoms with Crippen LogP contribution in [0.2, 0.25) is 0 Å². The third-order valence-electron chi connectivity index (χ3n) is 4.50. The fourth-order valence-corrected chi connectivity index (χ4v) is 3.23. The average Bonchev–Trinajstić information content (AvgIpc) is 2.57. The molecule has 1 aliphatic carbocycles. The highest BCUT2D eigenvalue weighted by Gasteiger charge is 2.55. The Morgan fingerprint density at radius 1 is 1.21 bits per heavy atom. The van der Waals surface area contributed by atoms with Gasteiger partial charge in [-0.1, -0.05) is 13.8 Å². The summed E-state index contributed by atoms with van der Waals surface area (Å²) in [5, 5.41) is 0. The minimum absolute atomic E-state index is 0.536. The van der Waals surface area contributed by atoms with E-state index in [2.05, 4.69) is 18.7 Å². The zero-order valence-electron chi connectivity index (χ0n) is 9.63. The zero-order chi connectivity index (χ0) is 10.2. The topological polar surface area (TPSA) is 29.3 Å². The molecule has 1 aliphatic heterocycles. The molecule has 0 aromatic rings. The van der Waals surface area contributed by atoms with E-state index in [1.807, 2.05) is 0 Å². The standard InChI is InChI=1S/C12H24N2/c1-12(2)10(11(12)9-13)5-8-14-6-3-4-7-14/h10-11H,3-9,13H2,1-2H3/t10-,11-/m1/s1. The van der Waals surface area contributed by atoms with Crippen molar-refractivity contribution in [1.82, 2.24) is 4.90 Å². The molecule has 0 aromatic carbocycles. The third-order valence-corrected chi connectivity index (χ3v) is 4.50. The number of hydrogen-bond donors (Lipinski definition) is 1. The van der Waals surface area contributed by atoms with Crippen LogP contribution in [0.5, 0.6) is 0 Å². The summed E-state index contributed by atoms with van der Waals surface area (Å²) in [5.74, 6) is 1.69. The predicted octanol–water partition coefficient (Wildman–Crippen LogP) is 1.70. The number of nitrogens with zero attached hydrogens (tertiary/aromatic N) is 1. The summed E-state index contributed by atoms with van der Waals surface area (Å²) in [6.07, 6.45) is 4.19. The maximum absolute atomic E-state index is 5.77. The Bertz CT molecular complexity index is 194. The highest BCUT2D eigenvalue weighted by atomic mass is 15.1. The molecule has 0 spiro atoms. The van der Waals surface area contributed by atoms with Crippen molar-refractivity contribution >= 4 is 0 Å². The number of hydrogen-bond acceptors (Lipinski definition) is 2. The van der Waals surface area contributed by atoms with E-state index in [-0.39, 0.29) is 0 Å². The Balaban J connectivity index is 1.71. The lowest BCUT2D eigenvalue weighted by atomic mass is 10.1. The zero-order valence-corrected chi connectivity index (χ0v) is 9.63. The third kappa shape index (κ3) is 1.82. The molecule has 1 saturated carbocycles. The van der Waals surface area contributed by atoms with Crippen LogP contribution in [0.4, 0.5) is 0 Å². The van der Waals surface area contributed by atoms with Crippen LogP contribution >= 0.6 is 0 Å². The van der Waals surface area contributed by atoms with Gasteiger partial charge >= 0.3 is 0 Å². The van der Waals surface area contributed by atoms with Crippen molar-refractivity contribution < 1.29 is 0 Å². The van der Waals surface area contributed by atoms with Gasteiger partial charge in [-0.2, -0.15) is 0 Å². The van der Waals surface area contributed by atoms with E-state index in [1.165, 1.54) is 38.9 Å². The molecule has 1 saturated heterocycles. The van der Waals surface area contributed by atoms with Crippen molar-refractivity contribution in [2.24, 2.45) is 23.0 Å². The Hall–Kier alpha value is -0.0800.